The van der Waals surface area contributed by atoms with Crippen LogP contribution in [-0.2, 0) is 4.79 Å². The van der Waals surface area contributed by atoms with E-state index in [1.807, 2.05) is 61.5 Å². The van der Waals surface area contributed by atoms with Gasteiger partial charge < -0.3 is 9.73 Å². The summed E-state index contributed by atoms with van der Waals surface area (Å²) in [5, 5.41) is 4.81. The molecular formula is C22H17ClN2O2S2. The van der Waals surface area contributed by atoms with Crippen molar-refractivity contribution in [2.75, 3.05) is 0 Å². The largest absolute Gasteiger partial charge is 0.450 e. The Morgan fingerprint density at radius 1 is 1.07 bits per heavy atom. The SMILES string of the molecule is Cc1ccc(N=C2NC(=O)/C(=C/c3ccc(Sc4ccc(Cl)cc4)o3)S2)cc1C. The first-order valence-electron chi connectivity index (χ1n) is 8.86. The molecule has 1 N–H and O–H groups in total. The molecule has 0 spiro atoms. The van der Waals surface area contributed by atoms with Gasteiger partial charge in [0.15, 0.2) is 10.3 Å². The number of rotatable bonds is 4. The minimum Gasteiger partial charge on any atom is -0.450 e. The second-order valence-electron chi connectivity index (χ2n) is 6.46. The van der Waals surface area contributed by atoms with Crippen molar-refractivity contribution in [1.29, 1.82) is 0 Å². The number of aryl methyl sites for hydroxylation is 2. The third-order valence-corrected chi connectivity index (χ3v) is 6.37. The zero-order valence-electron chi connectivity index (χ0n) is 15.7. The van der Waals surface area contributed by atoms with Crippen LogP contribution in [0.25, 0.3) is 6.08 Å². The van der Waals surface area contributed by atoms with Gasteiger partial charge in [-0.05, 0) is 85.3 Å². The Bertz CT molecular complexity index is 1130. The molecule has 2 aromatic carbocycles. The number of nitrogens with zero attached hydrogens (tertiary/aromatic N) is 1. The Hall–Kier alpha value is -2.41. The fourth-order valence-electron chi connectivity index (χ4n) is 2.61. The molecule has 1 amide bonds. The van der Waals surface area contributed by atoms with Crippen molar-refractivity contribution in [1.82, 2.24) is 5.32 Å². The van der Waals surface area contributed by atoms with E-state index in [-0.39, 0.29) is 5.91 Å². The minimum atomic E-state index is -0.180. The number of furan rings is 1. The molecule has 4 rings (SSSR count). The number of aliphatic imine (C=N–C) groups is 1. The van der Waals surface area contributed by atoms with Gasteiger partial charge in [0, 0.05) is 16.0 Å². The highest BCUT2D eigenvalue weighted by atomic mass is 35.5. The van der Waals surface area contributed by atoms with Crippen LogP contribution in [0.5, 0.6) is 0 Å². The molecule has 0 unspecified atom stereocenters. The number of benzene rings is 2. The average molecular weight is 441 g/mol. The minimum absolute atomic E-state index is 0.180. The number of nitrogens with one attached hydrogen (secondary N) is 1. The van der Waals surface area contributed by atoms with Crippen molar-refractivity contribution in [3.8, 4) is 0 Å². The summed E-state index contributed by atoms with van der Waals surface area (Å²) < 4.78 is 5.83. The summed E-state index contributed by atoms with van der Waals surface area (Å²) >= 11 is 8.71. The fourth-order valence-corrected chi connectivity index (χ4v) is 4.33. The molecule has 0 atom stereocenters. The topological polar surface area (TPSA) is 54.6 Å². The van der Waals surface area contributed by atoms with E-state index >= 15 is 0 Å². The summed E-state index contributed by atoms with van der Waals surface area (Å²) in [6, 6.07) is 17.2. The molecule has 0 aliphatic carbocycles. The van der Waals surface area contributed by atoms with Gasteiger partial charge in [0.1, 0.15) is 5.76 Å². The first-order chi connectivity index (χ1) is 14.0. The van der Waals surface area contributed by atoms with Gasteiger partial charge >= 0.3 is 0 Å². The molecule has 0 bridgehead atoms. The Balaban J connectivity index is 1.48. The van der Waals surface area contributed by atoms with Crippen molar-refractivity contribution >= 4 is 58.0 Å². The van der Waals surface area contributed by atoms with Gasteiger partial charge in [-0.3, -0.25) is 4.79 Å². The van der Waals surface area contributed by atoms with Crippen LogP contribution in [0, 0.1) is 13.8 Å². The number of halogens is 1. The van der Waals surface area contributed by atoms with Crippen LogP contribution >= 0.6 is 35.1 Å². The molecule has 1 fully saturated rings. The lowest BCUT2D eigenvalue weighted by molar-refractivity contribution is -0.115. The normalized spacial score (nSPS) is 16.6. The zero-order chi connectivity index (χ0) is 20.4. The number of amides is 1. The molecule has 1 aromatic heterocycles. The van der Waals surface area contributed by atoms with Crippen LogP contribution in [0.3, 0.4) is 0 Å². The smallest absolute Gasteiger partial charge is 0.264 e. The summed E-state index contributed by atoms with van der Waals surface area (Å²) in [6.07, 6.45) is 1.73. The van der Waals surface area contributed by atoms with E-state index in [4.69, 9.17) is 16.0 Å². The van der Waals surface area contributed by atoms with Crippen molar-refractivity contribution in [2.24, 2.45) is 4.99 Å². The monoisotopic (exact) mass is 440 g/mol. The number of thioether (sulfide) groups is 1. The van der Waals surface area contributed by atoms with Crippen molar-refractivity contribution < 1.29 is 9.21 Å². The number of carbonyl (C=O) groups is 1. The molecule has 1 aliphatic rings. The standard InChI is InChI=1S/C22H17ClN2O2S2/c1-13-3-6-16(11-14(13)2)24-22-25-21(26)19(29-22)12-17-7-10-20(27-17)28-18-8-4-15(23)5-9-18/h3-12H,1-2H3,(H,24,25,26)/b19-12-. The van der Waals surface area contributed by atoms with Gasteiger partial charge in [-0.1, -0.05) is 29.4 Å². The predicted molar refractivity (Wildman–Crippen MR) is 121 cm³/mol. The lowest BCUT2D eigenvalue weighted by Gasteiger charge is -2.01. The summed E-state index contributed by atoms with van der Waals surface area (Å²) in [4.78, 5) is 18.4. The van der Waals surface area contributed by atoms with Crippen molar-refractivity contribution in [3.63, 3.8) is 0 Å². The van der Waals surface area contributed by atoms with E-state index in [2.05, 4.69) is 17.2 Å². The molecule has 0 saturated carbocycles. The number of carbonyl (C=O) groups excluding carboxylic acids is 1. The molecule has 3 aromatic rings. The zero-order valence-corrected chi connectivity index (χ0v) is 18.1. The van der Waals surface area contributed by atoms with E-state index in [9.17, 15) is 4.79 Å². The predicted octanol–water partition coefficient (Wildman–Crippen LogP) is 6.59. The van der Waals surface area contributed by atoms with Gasteiger partial charge in [-0.25, -0.2) is 4.99 Å². The molecular weight excluding hydrogens is 424 g/mol. The average Bonchev–Trinajstić information content (AvgIpc) is 3.27. The second-order valence-corrected chi connectivity index (χ2v) is 9.01. The maximum Gasteiger partial charge on any atom is 0.264 e. The Morgan fingerprint density at radius 2 is 1.86 bits per heavy atom. The third-order valence-electron chi connectivity index (χ3n) is 4.28. The van der Waals surface area contributed by atoms with E-state index < -0.39 is 0 Å². The molecule has 0 radical (unpaired) electrons. The Labute approximate surface area is 182 Å². The summed E-state index contributed by atoms with van der Waals surface area (Å²) in [5.41, 5.74) is 3.19. The lowest BCUT2D eigenvalue weighted by Crippen LogP contribution is -2.19. The van der Waals surface area contributed by atoms with Crippen molar-refractivity contribution in [2.45, 2.75) is 23.8 Å². The van der Waals surface area contributed by atoms with Crippen molar-refractivity contribution in [3.05, 3.63) is 81.4 Å². The van der Waals surface area contributed by atoms with Gasteiger partial charge in [0.25, 0.3) is 5.91 Å². The van der Waals surface area contributed by atoms with Crippen LogP contribution in [-0.4, -0.2) is 11.1 Å². The highest BCUT2D eigenvalue weighted by Crippen LogP contribution is 2.33. The van der Waals surface area contributed by atoms with E-state index in [0.29, 0.717) is 20.9 Å². The van der Waals surface area contributed by atoms with Gasteiger partial charge in [0.05, 0.1) is 10.6 Å². The molecule has 2 heterocycles. The summed E-state index contributed by atoms with van der Waals surface area (Å²) in [6.45, 7) is 4.10. The second kappa shape index (κ2) is 8.53. The third kappa shape index (κ3) is 4.96. The molecule has 1 saturated heterocycles. The maximum absolute atomic E-state index is 12.3. The Morgan fingerprint density at radius 3 is 2.62 bits per heavy atom. The van der Waals surface area contributed by atoms with Crippen LogP contribution in [0.15, 0.2) is 78.9 Å². The molecule has 1 aliphatic heterocycles. The van der Waals surface area contributed by atoms with E-state index in [0.717, 1.165) is 15.7 Å². The fraction of sp³-hybridized carbons (Fsp3) is 0.0909. The van der Waals surface area contributed by atoms with Crippen LogP contribution in [0.1, 0.15) is 16.9 Å². The van der Waals surface area contributed by atoms with Crippen LogP contribution in [0.4, 0.5) is 5.69 Å². The Kier molecular flexibility index (Phi) is 5.85. The van der Waals surface area contributed by atoms with E-state index in [1.165, 1.54) is 34.7 Å². The summed E-state index contributed by atoms with van der Waals surface area (Å²) in [5.74, 6) is 0.437. The number of amidine groups is 1. The van der Waals surface area contributed by atoms with Gasteiger partial charge in [-0.15, -0.1) is 0 Å². The molecule has 146 valence electrons. The maximum atomic E-state index is 12.3. The quantitative estimate of drug-likeness (QED) is 0.465. The highest BCUT2D eigenvalue weighted by Gasteiger charge is 2.24. The van der Waals surface area contributed by atoms with Gasteiger partial charge in [0.2, 0.25) is 0 Å². The lowest BCUT2D eigenvalue weighted by atomic mass is 10.1. The van der Waals surface area contributed by atoms with Gasteiger partial charge in [-0.2, -0.15) is 0 Å². The van der Waals surface area contributed by atoms with Crippen LogP contribution in [0.2, 0.25) is 5.02 Å². The summed E-state index contributed by atoms with van der Waals surface area (Å²) in [7, 11) is 0. The first kappa shape index (κ1) is 19.9. The van der Waals surface area contributed by atoms with E-state index in [1.54, 1.807) is 6.08 Å². The number of hydrogen-bond acceptors (Lipinski definition) is 5. The first-order valence-corrected chi connectivity index (χ1v) is 10.9. The van der Waals surface area contributed by atoms with Crippen LogP contribution < -0.4 is 5.32 Å². The molecule has 29 heavy (non-hydrogen) atoms. The number of hydrogen-bond donors (Lipinski definition) is 1. The highest BCUT2D eigenvalue weighted by molar-refractivity contribution is 8.18. The molecule has 4 nitrogen and oxygen atoms in total. The molecule has 7 heteroatoms.